The van der Waals surface area contributed by atoms with Crippen molar-refractivity contribution in [3.05, 3.63) is 41.6 Å². The standard InChI is InChI=1S/C19H25N3O3/c1-3-15-6-4-5-7-17(15)24-12-19-22-21-18(25-19)11-14-8-9-16(10-14)20-13(2)23/h4-7,14,16H,3,8-12H2,1-2H3,(H,20,23)/t14-,16+/m1/s1. The highest BCUT2D eigenvalue weighted by Crippen LogP contribution is 2.28. The summed E-state index contributed by atoms with van der Waals surface area (Å²) in [5.74, 6) is 2.52. The lowest BCUT2D eigenvalue weighted by atomic mass is 10.0. The van der Waals surface area contributed by atoms with Crippen molar-refractivity contribution in [3.8, 4) is 5.75 Å². The first-order valence-corrected chi connectivity index (χ1v) is 8.93. The summed E-state index contributed by atoms with van der Waals surface area (Å²) in [6.45, 7) is 3.94. The van der Waals surface area contributed by atoms with E-state index in [0.29, 0.717) is 17.7 Å². The number of carbonyl (C=O) groups is 1. The lowest BCUT2D eigenvalue weighted by Crippen LogP contribution is -2.30. The molecule has 6 heteroatoms. The summed E-state index contributed by atoms with van der Waals surface area (Å²) >= 11 is 0. The van der Waals surface area contributed by atoms with Crippen molar-refractivity contribution in [3.63, 3.8) is 0 Å². The van der Waals surface area contributed by atoms with Crippen molar-refractivity contribution in [2.45, 2.75) is 58.6 Å². The van der Waals surface area contributed by atoms with Crippen LogP contribution in [0.3, 0.4) is 0 Å². The van der Waals surface area contributed by atoms with Crippen LogP contribution >= 0.6 is 0 Å². The molecule has 1 aromatic heterocycles. The normalized spacial score (nSPS) is 19.8. The molecular weight excluding hydrogens is 318 g/mol. The van der Waals surface area contributed by atoms with Gasteiger partial charge in [-0.05, 0) is 43.2 Å². The van der Waals surface area contributed by atoms with E-state index < -0.39 is 0 Å². The molecule has 2 aromatic rings. The molecule has 6 nitrogen and oxygen atoms in total. The zero-order chi connectivity index (χ0) is 17.6. The molecule has 0 bridgehead atoms. The monoisotopic (exact) mass is 343 g/mol. The highest BCUT2D eigenvalue weighted by Gasteiger charge is 2.26. The van der Waals surface area contributed by atoms with Crippen molar-refractivity contribution in [2.24, 2.45) is 5.92 Å². The number of aromatic nitrogens is 2. The Labute approximate surface area is 148 Å². The second-order valence-electron chi connectivity index (χ2n) is 6.62. The lowest BCUT2D eigenvalue weighted by molar-refractivity contribution is -0.119. The van der Waals surface area contributed by atoms with Gasteiger partial charge in [0.2, 0.25) is 11.8 Å². The third-order valence-corrected chi connectivity index (χ3v) is 4.63. The van der Waals surface area contributed by atoms with Gasteiger partial charge in [-0.25, -0.2) is 0 Å². The molecule has 134 valence electrons. The summed E-state index contributed by atoms with van der Waals surface area (Å²) in [7, 11) is 0. The van der Waals surface area contributed by atoms with Crippen LogP contribution in [-0.4, -0.2) is 22.1 Å². The number of hydrogen-bond acceptors (Lipinski definition) is 5. The summed E-state index contributed by atoms with van der Waals surface area (Å²) < 4.78 is 11.5. The largest absolute Gasteiger partial charge is 0.484 e. The van der Waals surface area contributed by atoms with Gasteiger partial charge in [0, 0.05) is 19.4 Å². The molecule has 1 fully saturated rings. The Hall–Kier alpha value is -2.37. The SMILES string of the molecule is CCc1ccccc1OCc1nnc(C[C@@H]2CC[C@H](NC(C)=O)C2)o1. The van der Waals surface area contributed by atoms with Gasteiger partial charge in [-0.3, -0.25) is 4.79 Å². The first kappa shape index (κ1) is 17.5. The number of aryl methyl sites for hydroxylation is 1. The van der Waals surface area contributed by atoms with Crippen molar-refractivity contribution in [1.82, 2.24) is 15.5 Å². The van der Waals surface area contributed by atoms with Gasteiger partial charge in [0.15, 0.2) is 6.61 Å². The molecule has 0 saturated heterocycles. The van der Waals surface area contributed by atoms with Crippen LogP contribution in [-0.2, 0) is 24.2 Å². The Morgan fingerprint density at radius 3 is 2.88 bits per heavy atom. The fourth-order valence-corrected chi connectivity index (χ4v) is 3.43. The number of carbonyl (C=O) groups excluding carboxylic acids is 1. The molecule has 25 heavy (non-hydrogen) atoms. The fourth-order valence-electron chi connectivity index (χ4n) is 3.43. The average Bonchev–Trinajstić information content (AvgIpc) is 3.22. The van der Waals surface area contributed by atoms with Crippen molar-refractivity contribution in [1.29, 1.82) is 0 Å². The van der Waals surface area contributed by atoms with Gasteiger partial charge in [-0.2, -0.15) is 0 Å². The third kappa shape index (κ3) is 4.81. The van der Waals surface area contributed by atoms with E-state index in [-0.39, 0.29) is 18.6 Å². The third-order valence-electron chi connectivity index (χ3n) is 4.63. The van der Waals surface area contributed by atoms with E-state index in [1.165, 1.54) is 0 Å². The molecule has 0 spiro atoms. The number of amides is 1. The summed E-state index contributed by atoms with van der Waals surface area (Å²) in [4.78, 5) is 11.1. The van der Waals surface area contributed by atoms with Crippen molar-refractivity contribution >= 4 is 5.91 Å². The molecule has 3 rings (SSSR count). The minimum Gasteiger partial charge on any atom is -0.484 e. The Morgan fingerprint density at radius 2 is 2.08 bits per heavy atom. The zero-order valence-electron chi connectivity index (χ0n) is 14.8. The van der Waals surface area contributed by atoms with Crippen LogP contribution in [0.1, 0.15) is 50.5 Å². The van der Waals surface area contributed by atoms with Gasteiger partial charge in [0.1, 0.15) is 5.75 Å². The Kier molecular flexibility index (Phi) is 5.68. The topological polar surface area (TPSA) is 77.3 Å². The number of rotatable bonds is 7. The number of nitrogens with one attached hydrogen (secondary N) is 1. The van der Waals surface area contributed by atoms with Crippen LogP contribution < -0.4 is 10.1 Å². The second-order valence-corrected chi connectivity index (χ2v) is 6.62. The number of nitrogens with zero attached hydrogens (tertiary/aromatic N) is 2. The number of ether oxygens (including phenoxy) is 1. The lowest BCUT2D eigenvalue weighted by Gasteiger charge is -2.10. The Balaban J connectivity index is 1.50. The number of benzene rings is 1. The van der Waals surface area contributed by atoms with Crippen LogP contribution in [0.5, 0.6) is 5.75 Å². The molecular formula is C19H25N3O3. The van der Waals surface area contributed by atoms with Gasteiger partial charge in [-0.1, -0.05) is 25.1 Å². The van der Waals surface area contributed by atoms with Gasteiger partial charge in [0.25, 0.3) is 5.89 Å². The van der Waals surface area contributed by atoms with E-state index in [2.05, 4.69) is 28.5 Å². The maximum Gasteiger partial charge on any atom is 0.253 e. The van der Waals surface area contributed by atoms with Gasteiger partial charge >= 0.3 is 0 Å². The van der Waals surface area contributed by atoms with Crippen molar-refractivity contribution < 1.29 is 13.9 Å². The molecule has 1 saturated carbocycles. The van der Waals surface area contributed by atoms with Gasteiger partial charge in [0.05, 0.1) is 0 Å². The van der Waals surface area contributed by atoms with Crippen LogP contribution in [0.25, 0.3) is 0 Å². The number of para-hydroxylation sites is 1. The molecule has 1 amide bonds. The van der Waals surface area contributed by atoms with Crippen molar-refractivity contribution in [2.75, 3.05) is 0 Å². The molecule has 0 unspecified atom stereocenters. The predicted molar refractivity (Wildman–Crippen MR) is 93.1 cm³/mol. The van der Waals surface area contributed by atoms with E-state index >= 15 is 0 Å². The molecule has 1 aliphatic rings. The first-order valence-electron chi connectivity index (χ1n) is 8.93. The smallest absolute Gasteiger partial charge is 0.253 e. The summed E-state index contributed by atoms with van der Waals surface area (Å²) in [6, 6.07) is 8.25. The van der Waals surface area contributed by atoms with E-state index in [0.717, 1.165) is 43.4 Å². The van der Waals surface area contributed by atoms with Gasteiger partial charge < -0.3 is 14.5 Å². The molecule has 2 atom stereocenters. The van der Waals surface area contributed by atoms with Crippen LogP contribution in [0.15, 0.2) is 28.7 Å². The minimum absolute atomic E-state index is 0.0373. The zero-order valence-corrected chi connectivity index (χ0v) is 14.8. The highest BCUT2D eigenvalue weighted by atomic mass is 16.5. The first-order chi connectivity index (χ1) is 12.1. The molecule has 0 aliphatic heterocycles. The quantitative estimate of drug-likeness (QED) is 0.836. The minimum atomic E-state index is 0.0373. The summed E-state index contributed by atoms with van der Waals surface area (Å²) in [5, 5.41) is 11.2. The van der Waals surface area contributed by atoms with E-state index in [1.54, 1.807) is 6.92 Å². The average molecular weight is 343 g/mol. The fraction of sp³-hybridized carbons (Fsp3) is 0.526. The summed E-state index contributed by atoms with van der Waals surface area (Å²) in [5.41, 5.74) is 1.16. The number of hydrogen-bond donors (Lipinski definition) is 1. The molecule has 0 radical (unpaired) electrons. The Morgan fingerprint density at radius 1 is 1.28 bits per heavy atom. The van der Waals surface area contributed by atoms with Crippen LogP contribution in [0.2, 0.25) is 0 Å². The van der Waals surface area contributed by atoms with Crippen LogP contribution in [0, 0.1) is 5.92 Å². The maximum atomic E-state index is 11.1. The molecule has 1 heterocycles. The highest BCUT2D eigenvalue weighted by molar-refractivity contribution is 5.73. The maximum absolute atomic E-state index is 11.1. The summed E-state index contributed by atoms with van der Waals surface area (Å²) in [6.07, 6.45) is 4.74. The Bertz CT molecular complexity index is 713. The molecule has 1 aromatic carbocycles. The molecule has 1 aliphatic carbocycles. The predicted octanol–water partition coefficient (Wildman–Crippen LogP) is 3.06. The van der Waals surface area contributed by atoms with Gasteiger partial charge in [-0.15, -0.1) is 10.2 Å². The van der Waals surface area contributed by atoms with Crippen LogP contribution in [0.4, 0.5) is 0 Å². The van der Waals surface area contributed by atoms with E-state index in [1.807, 2.05) is 18.2 Å². The second kappa shape index (κ2) is 8.14. The van der Waals surface area contributed by atoms with E-state index in [9.17, 15) is 4.79 Å². The molecule has 1 N–H and O–H groups in total. The van der Waals surface area contributed by atoms with E-state index in [4.69, 9.17) is 9.15 Å².